The maximum Gasteiger partial charge on any atom is 0.490 e. The van der Waals surface area contributed by atoms with Crippen molar-refractivity contribution in [3.8, 4) is 0 Å². The lowest BCUT2D eigenvalue weighted by atomic mass is 10.0. The molecular formula is C19H23F3N4O4S. The third-order valence-corrected chi connectivity index (χ3v) is 6.01. The molecule has 4 rings (SSSR count). The molecule has 2 saturated heterocycles. The van der Waals surface area contributed by atoms with Crippen molar-refractivity contribution in [2.24, 2.45) is 7.05 Å². The number of nitrogens with zero attached hydrogens (tertiary/aromatic N) is 3. The second-order valence-corrected chi connectivity index (χ2v) is 8.33. The van der Waals surface area contributed by atoms with Crippen molar-refractivity contribution >= 4 is 23.2 Å². The van der Waals surface area contributed by atoms with Crippen LogP contribution in [-0.4, -0.2) is 68.9 Å². The van der Waals surface area contributed by atoms with Gasteiger partial charge in [-0.05, 0) is 24.3 Å². The summed E-state index contributed by atoms with van der Waals surface area (Å²) in [4.78, 5) is 29.4. The van der Waals surface area contributed by atoms with E-state index < -0.39 is 12.1 Å². The number of carbonyl (C=O) groups excluding carboxylic acids is 1. The SMILES string of the molecule is Cn1ccnc1C(=O)N[C@@H]1CN(Cc2cccs2)[C@@H]2CCCO[C@@H]21.O=C(O)C(F)(F)F. The Balaban J connectivity index is 0.000000339. The molecule has 2 aliphatic heterocycles. The summed E-state index contributed by atoms with van der Waals surface area (Å²) in [6.45, 7) is 2.53. The summed E-state index contributed by atoms with van der Waals surface area (Å²) >= 11 is 1.78. The Bertz CT molecular complexity index is 887. The molecule has 0 unspecified atom stereocenters. The highest BCUT2D eigenvalue weighted by molar-refractivity contribution is 7.09. The molecule has 3 atom stereocenters. The molecule has 1 amide bonds. The third kappa shape index (κ3) is 5.83. The first-order valence-corrected chi connectivity index (χ1v) is 10.5. The molecular weight excluding hydrogens is 437 g/mol. The quantitative estimate of drug-likeness (QED) is 0.727. The van der Waals surface area contributed by atoms with Crippen LogP contribution in [0.2, 0.25) is 0 Å². The maximum absolute atomic E-state index is 12.5. The molecule has 0 aromatic carbocycles. The van der Waals surface area contributed by atoms with E-state index in [0.717, 1.165) is 32.5 Å². The molecule has 12 heteroatoms. The van der Waals surface area contributed by atoms with Crippen molar-refractivity contribution in [1.82, 2.24) is 19.8 Å². The number of carboxylic acid groups (broad SMARTS) is 1. The summed E-state index contributed by atoms with van der Waals surface area (Å²) in [6.07, 6.45) is 0.634. The van der Waals surface area contributed by atoms with Gasteiger partial charge in [0.1, 0.15) is 0 Å². The Hall–Kier alpha value is -2.44. The molecule has 31 heavy (non-hydrogen) atoms. The Morgan fingerprint density at radius 3 is 2.74 bits per heavy atom. The van der Waals surface area contributed by atoms with Gasteiger partial charge in [-0.15, -0.1) is 11.3 Å². The molecule has 0 saturated carbocycles. The van der Waals surface area contributed by atoms with E-state index in [1.807, 2.05) is 7.05 Å². The van der Waals surface area contributed by atoms with E-state index in [4.69, 9.17) is 14.6 Å². The number of aromatic nitrogens is 2. The highest BCUT2D eigenvalue weighted by Crippen LogP contribution is 2.31. The van der Waals surface area contributed by atoms with Crippen molar-refractivity contribution in [1.29, 1.82) is 0 Å². The molecule has 0 aliphatic carbocycles. The summed E-state index contributed by atoms with van der Waals surface area (Å²) < 4.78 is 39.5. The summed E-state index contributed by atoms with van der Waals surface area (Å²) in [5.41, 5.74) is 0. The summed E-state index contributed by atoms with van der Waals surface area (Å²) in [6, 6.07) is 4.65. The van der Waals surface area contributed by atoms with Crippen LogP contribution in [0.25, 0.3) is 0 Å². The number of nitrogens with one attached hydrogen (secondary N) is 1. The van der Waals surface area contributed by atoms with E-state index in [1.54, 1.807) is 28.3 Å². The molecule has 8 nitrogen and oxygen atoms in total. The largest absolute Gasteiger partial charge is 0.490 e. The molecule has 4 heterocycles. The van der Waals surface area contributed by atoms with Gasteiger partial charge < -0.3 is 19.7 Å². The fourth-order valence-electron chi connectivity index (χ4n) is 3.78. The van der Waals surface area contributed by atoms with Crippen LogP contribution in [0.4, 0.5) is 13.2 Å². The van der Waals surface area contributed by atoms with Crippen LogP contribution in [0.5, 0.6) is 0 Å². The van der Waals surface area contributed by atoms with Gasteiger partial charge in [-0.2, -0.15) is 13.2 Å². The van der Waals surface area contributed by atoms with E-state index in [9.17, 15) is 18.0 Å². The molecule has 2 aliphatic rings. The minimum atomic E-state index is -5.08. The summed E-state index contributed by atoms with van der Waals surface area (Å²) in [5, 5.41) is 12.4. The van der Waals surface area contributed by atoms with Gasteiger partial charge in [-0.1, -0.05) is 6.07 Å². The minimum Gasteiger partial charge on any atom is -0.475 e. The van der Waals surface area contributed by atoms with Crippen LogP contribution in [0.3, 0.4) is 0 Å². The number of halogens is 3. The number of carboxylic acids is 1. The van der Waals surface area contributed by atoms with Crippen molar-refractivity contribution in [3.05, 3.63) is 40.6 Å². The lowest BCUT2D eigenvalue weighted by Gasteiger charge is -2.32. The number of imidazole rings is 1. The van der Waals surface area contributed by atoms with Gasteiger partial charge in [0.25, 0.3) is 5.91 Å². The zero-order chi connectivity index (χ0) is 22.6. The zero-order valence-corrected chi connectivity index (χ0v) is 17.5. The van der Waals surface area contributed by atoms with Gasteiger partial charge in [0, 0.05) is 50.1 Å². The topological polar surface area (TPSA) is 96.7 Å². The predicted octanol–water partition coefficient (Wildman–Crippen LogP) is 2.28. The number of aryl methyl sites for hydroxylation is 1. The number of alkyl halides is 3. The molecule has 170 valence electrons. The first-order chi connectivity index (χ1) is 14.7. The number of carbonyl (C=O) groups is 2. The summed E-state index contributed by atoms with van der Waals surface area (Å²) in [7, 11) is 1.83. The first-order valence-electron chi connectivity index (χ1n) is 9.63. The van der Waals surface area contributed by atoms with E-state index in [0.29, 0.717) is 11.9 Å². The number of fused-ring (bicyclic) bond motifs is 1. The number of thiophene rings is 1. The van der Waals surface area contributed by atoms with Gasteiger partial charge in [-0.25, -0.2) is 9.78 Å². The molecule has 2 N–H and O–H groups in total. The molecule has 0 bridgehead atoms. The summed E-state index contributed by atoms with van der Waals surface area (Å²) in [5.74, 6) is -2.44. The molecule has 0 spiro atoms. The number of hydrogen-bond donors (Lipinski definition) is 2. The number of amides is 1. The molecule has 0 radical (unpaired) electrons. The average molecular weight is 460 g/mol. The molecule has 2 fully saturated rings. The predicted molar refractivity (Wildman–Crippen MR) is 106 cm³/mol. The number of ether oxygens (including phenoxy) is 1. The van der Waals surface area contributed by atoms with Crippen LogP contribution >= 0.6 is 11.3 Å². The van der Waals surface area contributed by atoms with Crippen molar-refractivity contribution in [2.45, 2.75) is 43.8 Å². The van der Waals surface area contributed by atoms with Crippen molar-refractivity contribution in [2.75, 3.05) is 13.2 Å². The lowest BCUT2D eigenvalue weighted by molar-refractivity contribution is -0.192. The standard InChI is InChI=1S/C17H22N4O2S.C2HF3O2/c1-20-7-6-18-16(20)17(22)19-13-11-21(10-12-4-3-9-24-12)14-5-2-8-23-15(13)14;3-2(4,5)1(6)7/h3-4,6-7,9,13-15H,2,5,8,10-11H2,1H3,(H,19,22);(H,6,7)/t13-,14-,15-;/m1./s1. The van der Waals surface area contributed by atoms with Crippen LogP contribution in [0.15, 0.2) is 29.9 Å². The first kappa shape index (κ1) is 23.2. The van der Waals surface area contributed by atoms with Crippen LogP contribution in [-0.2, 0) is 23.1 Å². The fraction of sp³-hybridized carbons (Fsp3) is 0.526. The van der Waals surface area contributed by atoms with Crippen LogP contribution < -0.4 is 5.32 Å². The monoisotopic (exact) mass is 460 g/mol. The highest BCUT2D eigenvalue weighted by Gasteiger charge is 2.44. The number of aliphatic carboxylic acids is 1. The Morgan fingerprint density at radius 2 is 2.16 bits per heavy atom. The fourth-order valence-corrected chi connectivity index (χ4v) is 4.51. The lowest BCUT2D eigenvalue weighted by Crippen LogP contribution is -2.48. The molecule has 2 aromatic heterocycles. The second kappa shape index (κ2) is 9.79. The molecule has 2 aromatic rings. The van der Waals surface area contributed by atoms with Gasteiger partial charge in [-0.3, -0.25) is 9.69 Å². The van der Waals surface area contributed by atoms with Gasteiger partial charge in [0.05, 0.1) is 12.1 Å². The third-order valence-electron chi connectivity index (χ3n) is 5.15. The minimum absolute atomic E-state index is 0.0134. The van der Waals surface area contributed by atoms with Crippen molar-refractivity contribution in [3.63, 3.8) is 0 Å². The number of hydrogen-bond acceptors (Lipinski definition) is 6. The van der Waals surface area contributed by atoms with Crippen LogP contribution in [0.1, 0.15) is 28.3 Å². The number of likely N-dealkylation sites (tertiary alicyclic amines) is 1. The average Bonchev–Trinajstić information content (AvgIpc) is 3.44. The smallest absolute Gasteiger partial charge is 0.475 e. The van der Waals surface area contributed by atoms with Crippen LogP contribution in [0, 0.1) is 0 Å². The second-order valence-electron chi connectivity index (χ2n) is 7.30. The Labute approximate surface area is 180 Å². The Morgan fingerprint density at radius 1 is 1.42 bits per heavy atom. The normalized spacial score (nSPS) is 23.5. The zero-order valence-electron chi connectivity index (χ0n) is 16.7. The number of rotatable bonds is 4. The highest BCUT2D eigenvalue weighted by atomic mass is 32.1. The van der Waals surface area contributed by atoms with Gasteiger partial charge in [0.2, 0.25) is 0 Å². The maximum atomic E-state index is 12.5. The van der Waals surface area contributed by atoms with E-state index in [2.05, 4.69) is 32.7 Å². The van der Waals surface area contributed by atoms with Crippen molar-refractivity contribution < 1.29 is 32.6 Å². The van der Waals surface area contributed by atoms with E-state index in [1.165, 1.54) is 4.88 Å². The van der Waals surface area contributed by atoms with Gasteiger partial charge >= 0.3 is 12.1 Å². The van der Waals surface area contributed by atoms with E-state index >= 15 is 0 Å². The van der Waals surface area contributed by atoms with E-state index in [-0.39, 0.29) is 18.1 Å². The Kier molecular flexibility index (Phi) is 7.34. The van der Waals surface area contributed by atoms with Gasteiger partial charge in [0.15, 0.2) is 5.82 Å².